The number of aromatic hydroxyl groups is 1. The van der Waals surface area contributed by atoms with E-state index in [4.69, 9.17) is 9.47 Å². The van der Waals surface area contributed by atoms with Crippen molar-refractivity contribution in [1.82, 2.24) is 4.98 Å². The second-order valence-electron chi connectivity index (χ2n) is 4.85. The van der Waals surface area contributed by atoms with Gasteiger partial charge in [0.05, 0.1) is 7.11 Å². The summed E-state index contributed by atoms with van der Waals surface area (Å²) in [4.78, 5) is 14.7. The Kier molecular flexibility index (Phi) is 4.01. The van der Waals surface area contributed by atoms with Gasteiger partial charge in [-0.25, -0.2) is 4.79 Å². The minimum absolute atomic E-state index is 0.0751. The summed E-state index contributed by atoms with van der Waals surface area (Å²) >= 11 is 0. The monoisotopic (exact) mass is 309 g/mol. The molecule has 1 heterocycles. The van der Waals surface area contributed by atoms with E-state index in [1.54, 1.807) is 60.8 Å². The Hall–Kier alpha value is -3.21. The van der Waals surface area contributed by atoms with Gasteiger partial charge in [-0.05, 0) is 35.9 Å². The van der Waals surface area contributed by atoms with Gasteiger partial charge >= 0.3 is 5.97 Å². The summed E-state index contributed by atoms with van der Waals surface area (Å²) < 4.78 is 10.4. The van der Waals surface area contributed by atoms with Crippen LogP contribution in [0.5, 0.6) is 17.2 Å². The normalized spacial score (nSPS) is 10.3. The lowest BCUT2D eigenvalue weighted by Crippen LogP contribution is -2.08. The number of hydrogen-bond donors (Lipinski definition) is 2. The van der Waals surface area contributed by atoms with Crippen LogP contribution in [0.4, 0.5) is 0 Å². The molecule has 0 spiro atoms. The number of phenolic OH excluding ortho intramolecular Hbond substituents is 1. The van der Waals surface area contributed by atoms with Gasteiger partial charge in [-0.2, -0.15) is 0 Å². The van der Waals surface area contributed by atoms with E-state index >= 15 is 0 Å². The van der Waals surface area contributed by atoms with Crippen molar-refractivity contribution in [2.75, 3.05) is 7.11 Å². The van der Waals surface area contributed by atoms with Crippen LogP contribution in [0.3, 0.4) is 0 Å². The Labute approximate surface area is 133 Å². The summed E-state index contributed by atoms with van der Waals surface area (Å²) in [5, 5.41) is 10.2. The Morgan fingerprint density at radius 1 is 1.04 bits per heavy atom. The molecule has 0 bridgehead atoms. The highest BCUT2D eigenvalue weighted by Crippen LogP contribution is 2.37. The van der Waals surface area contributed by atoms with Crippen molar-refractivity contribution in [3.8, 4) is 28.4 Å². The molecule has 0 unspecified atom stereocenters. The summed E-state index contributed by atoms with van der Waals surface area (Å²) in [6, 6.07) is 15.5. The lowest BCUT2D eigenvalue weighted by Gasteiger charge is -2.09. The lowest BCUT2D eigenvalue weighted by atomic mass is 10.0. The number of nitrogens with one attached hydrogen (secondary N) is 1. The molecule has 5 nitrogen and oxygen atoms in total. The molecule has 3 aromatic rings. The molecule has 0 aliphatic carbocycles. The van der Waals surface area contributed by atoms with E-state index in [0.717, 1.165) is 5.56 Å². The highest BCUT2D eigenvalue weighted by Gasteiger charge is 2.11. The fourth-order valence-corrected chi connectivity index (χ4v) is 2.24. The van der Waals surface area contributed by atoms with Crippen molar-refractivity contribution in [3.63, 3.8) is 0 Å². The quantitative estimate of drug-likeness (QED) is 0.570. The molecule has 23 heavy (non-hydrogen) atoms. The molecule has 0 aliphatic rings. The lowest BCUT2D eigenvalue weighted by molar-refractivity contribution is 0.0729. The van der Waals surface area contributed by atoms with Gasteiger partial charge in [-0.15, -0.1) is 0 Å². The molecule has 116 valence electrons. The predicted molar refractivity (Wildman–Crippen MR) is 85.8 cm³/mol. The third kappa shape index (κ3) is 3.03. The van der Waals surface area contributed by atoms with Gasteiger partial charge in [0.25, 0.3) is 0 Å². The molecule has 2 N–H and O–H groups in total. The van der Waals surface area contributed by atoms with Crippen molar-refractivity contribution in [3.05, 3.63) is 66.5 Å². The van der Waals surface area contributed by atoms with E-state index in [1.807, 2.05) is 0 Å². The average molecular weight is 309 g/mol. The number of ether oxygens (including phenoxy) is 2. The number of methoxy groups -OCH3 is 1. The number of carbonyl (C=O) groups is 1. The van der Waals surface area contributed by atoms with Gasteiger partial charge in [0.1, 0.15) is 11.4 Å². The number of H-pyrrole nitrogens is 1. The molecule has 0 fully saturated rings. The molecule has 0 saturated heterocycles. The molecule has 0 aliphatic heterocycles. The number of aromatic amines is 1. The fourth-order valence-electron chi connectivity index (χ4n) is 2.24. The standard InChI is InChI=1S/C18H15NO4/c1-22-16-6-2-4-14(17(16)20)12-7-9-13(10-8-12)23-18(21)15-5-3-11-19-15/h2-11,19-20H,1H3. The number of esters is 1. The van der Waals surface area contributed by atoms with E-state index in [9.17, 15) is 9.90 Å². The van der Waals surface area contributed by atoms with Crippen molar-refractivity contribution in [1.29, 1.82) is 0 Å². The van der Waals surface area contributed by atoms with Crippen LogP contribution < -0.4 is 9.47 Å². The number of phenols is 1. The molecule has 0 amide bonds. The van der Waals surface area contributed by atoms with E-state index in [-0.39, 0.29) is 5.75 Å². The first-order valence-corrected chi connectivity index (χ1v) is 7.01. The van der Waals surface area contributed by atoms with Gasteiger partial charge in [-0.1, -0.05) is 24.3 Å². The Bertz CT molecular complexity index is 808. The molecule has 0 radical (unpaired) electrons. The highest BCUT2D eigenvalue weighted by atomic mass is 16.5. The number of hydrogen-bond acceptors (Lipinski definition) is 4. The number of para-hydroxylation sites is 1. The zero-order valence-electron chi connectivity index (χ0n) is 12.4. The van der Waals surface area contributed by atoms with Gasteiger partial charge < -0.3 is 19.6 Å². The fraction of sp³-hybridized carbons (Fsp3) is 0.0556. The molecule has 0 atom stereocenters. The van der Waals surface area contributed by atoms with Crippen LogP contribution in [0.2, 0.25) is 0 Å². The molecule has 3 rings (SSSR count). The summed E-state index contributed by atoms with van der Waals surface area (Å²) in [5.74, 6) is 0.457. The topological polar surface area (TPSA) is 71.5 Å². The first kappa shape index (κ1) is 14.7. The Morgan fingerprint density at radius 2 is 1.83 bits per heavy atom. The van der Waals surface area contributed by atoms with Crippen LogP contribution in [-0.2, 0) is 0 Å². The van der Waals surface area contributed by atoms with E-state index in [2.05, 4.69) is 4.98 Å². The van der Waals surface area contributed by atoms with Crippen LogP contribution in [0.25, 0.3) is 11.1 Å². The predicted octanol–water partition coefficient (Wildman–Crippen LogP) is 3.62. The maximum absolute atomic E-state index is 11.9. The van der Waals surface area contributed by atoms with Gasteiger partial charge in [0.2, 0.25) is 0 Å². The largest absolute Gasteiger partial charge is 0.504 e. The third-order valence-electron chi connectivity index (χ3n) is 3.41. The summed E-state index contributed by atoms with van der Waals surface area (Å²) in [6.07, 6.45) is 1.66. The maximum atomic E-state index is 11.9. The SMILES string of the molecule is COc1cccc(-c2ccc(OC(=O)c3ccc[nH]3)cc2)c1O. The Morgan fingerprint density at radius 3 is 2.48 bits per heavy atom. The van der Waals surface area contributed by atoms with Crippen LogP contribution in [0.15, 0.2) is 60.8 Å². The van der Waals surface area contributed by atoms with Gasteiger partial charge in [-0.3, -0.25) is 0 Å². The smallest absolute Gasteiger partial charge is 0.360 e. The molecule has 5 heteroatoms. The first-order valence-electron chi connectivity index (χ1n) is 7.01. The van der Waals surface area contributed by atoms with Crippen LogP contribution in [0.1, 0.15) is 10.5 Å². The average Bonchev–Trinajstić information content (AvgIpc) is 3.11. The van der Waals surface area contributed by atoms with Crippen LogP contribution in [0, 0.1) is 0 Å². The zero-order valence-corrected chi connectivity index (χ0v) is 12.4. The van der Waals surface area contributed by atoms with E-state index in [1.165, 1.54) is 7.11 Å². The van der Waals surface area contributed by atoms with Crippen LogP contribution >= 0.6 is 0 Å². The zero-order chi connectivity index (χ0) is 16.2. The molecule has 1 aromatic heterocycles. The first-order chi connectivity index (χ1) is 11.2. The summed E-state index contributed by atoms with van der Waals surface area (Å²) in [5.41, 5.74) is 1.83. The van der Waals surface area contributed by atoms with Crippen LogP contribution in [-0.4, -0.2) is 23.2 Å². The number of aromatic nitrogens is 1. The molecule has 0 saturated carbocycles. The maximum Gasteiger partial charge on any atom is 0.360 e. The van der Waals surface area contributed by atoms with Crippen molar-refractivity contribution >= 4 is 5.97 Å². The van der Waals surface area contributed by atoms with Gasteiger partial charge in [0, 0.05) is 11.8 Å². The minimum atomic E-state index is -0.452. The second-order valence-corrected chi connectivity index (χ2v) is 4.85. The number of rotatable bonds is 4. The summed E-state index contributed by atoms with van der Waals surface area (Å²) in [6.45, 7) is 0. The number of carbonyl (C=O) groups excluding carboxylic acids is 1. The van der Waals surface area contributed by atoms with E-state index < -0.39 is 5.97 Å². The van der Waals surface area contributed by atoms with Gasteiger partial charge in [0.15, 0.2) is 11.5 Å². The highest BCUT2D eigenvalue weighted by molar-refractivity contribution is 5.89. The molecule has 2 aromatic carbocycles. The number of benzene rings is 2. The molecular formula is C18H15NO4. The Balaban J connectivity index is 1.81. The van der Waals surface area contributed by atoms with Crippen molar-refractivity contribution in [2.24, 2.45) is 0 Å². The van der Waals surface area contributed by atoms with E-state index in [0.29, 0.717) is 22.8 Å². The molecular weight excluding hydrogens is 294 g/mol. The van der Waals surface area contributed by atoms with Crippen molar-refractivity contribution in [2.45, 2.75) is 0 Å². The second kappa shape index (κ2) is 6.27. The van der Waals surface area contributed by atoms with Crippen molar-refractivity contribution < 1.29 is 19.4 Å². The summed E-state index contributed by atoms with van der Waals surface area (Å²) in [7, 11) is 1.50. The third-order valence-corrected chi connectivity index (χ3v) is 3.41. The minimum Gasteiger partial charge on any atom is -0.504 e.